The molecular formula is C27H29F3N6O3. The Hall–Kier alpha value is -3.77. The number of ether oxygens (including phenoxy) is 2. The van der Waals surface area contributed by atoms with Crippen LogP contribution in [-0.2, 0) is 10.9 Å². The summed E-state index contributed by atoms with van der Waals surface area (Å²) >= 11 is 0. The minimum absolute atomic E-state index is 0.170. The first kappa shape index (κ1) is 26.8. The number of rotatable bonds is 6. The molecule has 0 saturated carbocycles. The summed E-state index contributed by atoms with van der Waals surface area (Å²) in [4.78, 5) is 23.9. The molecule has 1 fully saturated rings. The smallest absolute Gasteiger partial charge is 0.417 e. The third-order valence-electron chi connectivity index (χ3n) is 7.13. The Balaban J connectivity index is 1.28. The number of halogens is 3. The van der Waals surface area contributed by atoms with Crippen molar-refractivity contribution in [2.24, 2.45) is 0 Å². The monoisotopic (exact) mass is 542 g/mol. The summed E-state index contributed by atoms with van der Waals surface area (Å²) in [5, 5.41) is 6.95. The van der Waals surface area contributed by atoms with Gasteiger partial charge in [0, 0.05) is 31.4 Å². The maximum Gasteiger partial charge on any atom is 0.417 e. The van der Waals surface area contributed by atoms with Crippen molar-refractivity contribution in [1.29, 1.82) is 0 Å². The van der Waals surface area contributed by atoms with Crippen LogP contribution in [0.2, 0.25) is 0 Å². The summed E-state index contributed by atoms with van der Waals surface area (Å²) in [6.45, 7) is 5.12. The second kappa shape index (κ2) is 11.1. The summed E-state index contributed by atoms with van der Waals surface area (Å²) in [7, 11) is 1.57. The number of methoxy groups -OCH3 is 1. The van der Waals surface area contributed by atoms with Crippen LogP contribution in [-0.4, -0.2) is 70.0 Å². The number of anilines is 1. The molecule has 1 aliphatic heterocycles. The number of carbonyl (C=O) groups is 1. The van der Waals surface area contributed by atoms with Gasteiger partial charge in [-0.2, -0.15) is 18.3 Å². The van der Waals surface area contributed by atoms with Gasteiger partial charge in [-0.3, -0.25) is 14.7 Å². The summed E-state index contributed by atoms with van der Waals surface area (Å²) in [5.74, 6) is 0.293. The van der Waals surface area contributed by atoms with Crippen LogP contribution < -0.4 is 10.1 Å². The fourth-order valence-electron chi connectivity index (χ4n) is 4.96. The fourth-order valence-corrected chi connectivity index (χ4v) is 4.96. The quantitative estimate of drug-likeness (QED) is 0.490. The van der Waals surface area contributed by atoms with Gasteiger partial charge >= 0.3 is 6.18 Å². The summed E-state index contributed by atoms with van der Waals surface area (Å²) in [5.41, 5.74) is 2.15. The third kappa shape index (κ3) is 5.81. The van der Waals surface area contributed by atoms with Crippen LogP contribution in [0.3, 0.4) is 0 Å². The van der Waals surface area contributed by atoms with Gasteiger partial charge in [-0.05, 0) is 43.9 Å². The standard InChI is InChI=1S/C27H29F3N6O3/c1-17-22(16-33-36(17)24-8-5-19(14-31-24)27(28,29)30)26(37)34-20-13-23(38-2)25(32-15-20)18-3-6-21(7-4-18)35-9-11-39-12-10-35/h3,5,8,13-16,21H,4,6-7,9-12H2,1-2H3,(H,34,37). The van der Waals surface area contributed by atoms with Crippen molar-refractivity contribution in [2.45, 2.75) is 38.4 Å². The Morgan fingerprint density at radius 2 is 1.95 bits per heavy atom. The molecule has 0 aromatic carbocycles. The molecule has 1 amide bonds. The molecule has 5 rings (SSSR count). The van der Waals surface area contributed by atoms with Gasteiger partial charge in [0.25, 0.3) is 5.91 Å². The minimum atomic E-state index is -4.49. The van der Waals surface area contributed by atoms with E-state index in [1.807, 2.05) is 0 Å². The molecule has 1 N–H and O–H groups in total. The normalized spacial score (nSPS) is 18.5. The van der Waals surface area contributed by atoms with Crippen molar-refractivity contribution >= 4 is 17.2 Å². The summed E-state index contributed by atoms with van der Waals surface area (Å²) in [6.07, 6.45) is 4.26. The second-order valence-corrected chi connectivity index (χ2v) is 9.49. The molecule has 1 unspecified atom stereocenters. The number of hydrogen-bond donors (Lipinski definition) is 1. The predicted octanol–water partition coefficient (Wildman–Crippen LogP) is 4.52. The zero-order valence-electron chi connectivity index (χ0n) is 21.7. The van der Waals surface area contributed by atoms with Gasteiger partial charge in [0.05, 0.1) is 55.2 Å². The van der Waals surface area contributed by atoms with E-state index in [9.17, 15) is 18.0 Å². The Bertz CT molecular complexity index is 1360. The minimum Gasteiger partial charge on any atom is -0.494 e. The maximum atomic E-state index is 13.0. The van der Waals surface area contributed by atoms with Crippen molar-refractivity contribution in [3.63, 3.8) is 0 Å². The van der Waals surface area contributed by atoms with E-state index >= 15 is 0 Å². The average molecular weight is 543 g/mol. The molecule has 0 spiro atoms. The molecule has 12 heteroatoms. The Morgan fingerprint density at radius 1 is 1.15 bits per heavy atom. The summed E-state index contributed by atoms with van der Waals surface area (Å²) in [6, 6.07) is 4.37. The van der Waals surface area contributed by atoms with E-state index in [1.165, 1.54) is 16.9 Å². The van der Waals surface area contributed by atoms with Crippen molar-refractivity contribution in [2.75, 3.05) is 38.7 Å². The zero-order valence-corrected chi connectivity index (χ0v) is 21.7. The lowest BCUT2D eigenvalue weighted by molar-refractivity contribution is -0.137. The van der Waals surface area contributed by atoms with Gasteiger partial charge in [-0.1, -0.05) is 6.08 Å². The van der Waals surface area contributed by atoms with Crippen molar-refractivity contribution < 1.29 is 27.4 Å². The van der Waals surface area contributed by atoms with Crippen LogP contribution in [0.1, 0.15) is 46.6 Å². The van der Waals surface area contributed by atoms with E-state index in [2.05, 4.69) is 31.4 Å². The van der Waals surface area contributed by atoms with Crippen LogP contribution in [0.4, 0.5) is 18.9 Å². The molecule has 0 bridgehead atoms. The van der Waals surface area contributed by atoms with Crippen LogP contribution in [0.15, 0.2) is 42.9 Å². The van der Waals surface area contributed by atoms with E-state index < -0.39 is 17.6 Å². The van der Waals surface area contributed by atoms with E-state index in [0.717, 1.165) is 69.1 Å². The number of morpholine rings is 1. The van der Waals surface area contributed by atoms with Crippen LogP contribution in [0, 0.1) is 6.92 Å². The molecule has 1 saturated heterocycles. The zero-order chi connectivity index (χ0) is 27.6. The lowest BCUT2D eigenvalue weighted by Crippen LogP contribution is -2.43. The van der Waals surface area contributed by atoms with Gasteiger partial charge in [0.2, 0.25) is 0 Å². The van der Waals surface area contributed by atoms with E-state index in [-0.39, 0.29) is 11.4 Å². The number of amides is 1. The van der Waals surface area contributed by atoms with Crippen LogP contribution in [0.25, 0.3) is 11.4 Å². The van der Waals surface area contributed by atoms with Gasteiger partial charge in [0.1, 0.15) is 11.4 Å². The van der Waals surface area contributed by atoms with Crippen LogP contribution >= 0.6 is 0 Å². The third-order valence-corrected chi connectivity index (χ3v) is 7.13. The highest BCUT2D eigenvalue weighted by molar-refractivity contribution is 6.05. The Morgan fingerprint density at radius 3 is 2.59 bits per heavy atom. The maximum absolute atomic E-state index is 13.0. The van der Waals surface area contributed by atoms with E-state index in [4.69, 9.17) is 9.47 Å². The van der Waals surface area contributed by atoms with Crippen molar-refractivity contribution in [3.8, 4) is 11.6 Å². The van der Waals surface area contributed by atoms with Crippen molar-refractivity contribution in [3.05, 3.63) is 65.4 Å². The fraction of sp³-hybridized carbons (Fsp3) is 0.407. The Labute approximate surface area is 223 Å². The van der Waals surface area contributed by atoms with Crippen LogP contribution in [0.5, 0.6) is 5.75 Å². The first-order valence-electron chi connectivity index (χ1n) is 12.7. The molecule has 0 radical (unpaired) electrons. The number of carbonyl (C=O) groups excluding carboxylic acids is 1. The summed E-state index contributed by atoms with van der Waals surface area (Å²) < 4.78 is 50.9. The lowest BCUT2D eigenvalue weighted by atomic mass is 9.91. The number of hydrogen-bond acceptors (Lipinski definition) is 7. The van der Waals surface area contributed by atoms with Crippen molar-refractivity contribution in [1.82, 2.24) is 24.6 Å². The average Bonchev–Trinajstić information content (AvgIpc) is 3.34. The molecule has 1 atom stereocenters. The highest BCUT2D eigenvalue weighted by atomic mass is 19.4. The highest BCUT2D eigenvalue weighted by Crippen LogP contribution is 2.34. The predicted molar refractivity (Wildman–Crippen MR) is 138 cm³/mol. The van der Waals surface area contributed by atoms with Gasteiger partial charge < -0.3 is 14.8 Å². The van der Waals surface area contributed by atoms with E-state index in [0.29, 0.717) is 23.2 Å². The molecule has 1 aliphatic carbocycles. The topological polar surface area (TPSA) is 94.4 Å². The Kier molecular flexibility index (Phi) is 7.67. The molecule has 9 nitrogen and oxygen atoms in total. The highest BCUT2D eigenvalue weighted by Gasteiger charge is 2.31. The molecule has 3 aromatic rings. The first-order valence-corrected chi connectivity index (χ1v) is 12.7. The molecule has 206 valence electrons. The number of nitrogens with zero attached hydrogens (tertiary/aromatic N) is 5. The molecular weight excluding hydrogens is 513 g/mol. The number of alkyl halides is 3. The van der Waals surface area contributed by atoms with Gasteiger partial charge in [0.15, 0.2) is 5.82 Å². The molecule has 4 heterocycles. The van der Waals surface area contributed by atoms with Gasteiger partial charge in [-0.25, -0.2) is 9.67 Å². The lowest BCUT2D eigenvalue weighted by Gasteiger charge is -2.36. The number of nitrogens with one attached hydrogen (secondary N) is 1. The number of aromatic nitrogens is 4. The number of allylic oxidation sites excluding steroid dienone is 1. The first-order chi connectivity index (χ1) is 18.7. The number of pyridine rings is 2. The van der Waals surface area contributed by atoms with E-state index in [1.54, 1.807) is 26.3 Å². The second-order valence-electron chi connectivity index (χ2n) is 9.49. The molecule has 3 aromatic heterocycles. The molecule has 2 aliphatic rings. The largest absolute Gasteiger partial charge is 0.494 e. The molecule has 39 heavy (non-hydrogen) atoms. The SMILES string of the molecule is COc1cc(NC(=O)c2cnn(-c3ccc(C(F)(F)F)cn3)c2C)cnc1C1=CCC(N2CCOCC2)CC1. The van der Waals surface area contributed by atoms with Gasteiger partial charge in [-0.15, -0.1) is 0 Å².